The highest BCUT2D eigenvalue weighted by molar-refractivity contribution is 5.95. The van der Waals surface area contributed by atoms with Crippen molar-refractivity contribution in [3.8, 4) is 0 Å². The number of halogens is 1. The van der Waals surface area contributed by atoms with Crippen LogP contribution < -0.4 is 5.32 Å². The van der Waals surface area contributed by atoms with E-state index in [4.69, 9.17) is 0 Å². The second-order valence-electron chi connectivity index (χ2n) is 6.42. The van der Waals surface area contributed by atoms with E-state index < -0.39 is 5.82 Å². The van der Waals surface area contributed by atoms with Gasteiger partial charge in [-0.25, -0.2) is 4.39 Å². The summed E-state index contributed by atoms with van der Waals surface area (Å²) in [5, 5.41) is 2.93. The van der Waals surface area contributed by atoms with E-state index in [-0.39, 0.29) is 17.9 Å². The van der Waals surface area contributed by atoms with Gasteiger partial charge in [0.05, 0.1) is 0 Å². The van der Waals surface area contributed by atoms with Crippen LogP contribution in [0.2, 0.25) is 0 Å². The average molecular weight is 340 g/mol. The lowest BCUT2D eigenvalue weighted by Gasteiger charge is -2.32. The first-order valence-corrected chi connectivity index (χ1v) is 8.45. The molecule has 0 saturated carbocycles. The van der Waals surface area contributed by atoms with Gasteiger partial charge in [-0.2, -0.15) is 0 Å². The molecule has 1 aliphatic rings. The summed E-state index contributed by atoms with van der Waals surface area (Å²) >= 11 is 0. The highest BCUT2D eigenvalue weighted by Crippen LogP contribution is 2.15. The highest BCUT2D eigenvalue weighted by atomic mass is 19.1. The molecule has 2 aromatic rings. The number of likely N-dealkylation sites (tertiary alicyclic amines) is 1. The summed E-state index contributed by atoms with van der Waals surface area (Å²) in [5.41, 5.74) is 2.13. The van der Waals surface area contributed by atoms with Gasteiger partial charge >= 0.3 is 0 Å². The van der Waals surface area contributed by atoms with Crippen LogP contribution in [-0.4, -0.2) is 35.8 Å². The summed E-state index contributed by atoms with van der Waals surface area (Å²) < 4.78 is 13.2. The smallest absolute Gasteiger partial charge is 0.253 e. The molecule has 0 bridgehead atoms. The molecule has 3 rings (SSSR count). The number of hydrogen-bond acceptors (Lipinski definition) is 2. The lowest BCUT2D eigenvalue weighted by atomic mass is 10.0. The molecule has 0 spiro atoms. The molecule has 1 aliphatic heterocycles. The number of aryl methyl sites for hydroxylation is 1. The Bertz CT molecular complexity index is 766. The minimum absolute atomic E-state index is 0.00200. The highest BCUT2D eigenvalue weighted by Gasteiger charge is 2.24. The monoisotopic (exact) mass is 340 g/mol. The number of carbonyl (C=O) groups excluding carboxylic acids is 2. The second kappa shape index (κ2) is 7.47. The molecule has 1 fully saturated rings. The van der Waals surface area contributed by atoms with Gasteiger partial charge in [0.1, 0.15) is 5.82 Å². The van der Waals surface area contributed by atoms with Crippen molar-refractivity contribution in [2.75, 3.05) is 13.1 Å². The van der Waals surface area contributed by atoms with Gasteiger partial charge < -0.3 is 10.2 Å². The summed E-state index contributed by atoms with van der Waals surface area (Å²) in [5.74, 6) is -0.677. The molecule has 2 aromatic carbocycles. The van der Waals surface area contributed by atoms with E-state index in [1.165, 1.54) is 18.2 Å². The zero-order valence-electron chi connectivity index (χ0n) is 14.2. The topological polar surface area (TPSA) is 49.4 Å². The van der Waals surface area contributed by atoms with Gasteiger partial charge in [-0.3, -0.25) is 9.59 Å². The van der Waals surface area contributed by atoms with E-state index in [2.05, 4.69) is 5.32 Å². The van der Waals surface area contributed by atoms with Crippen molar-refractivity contribution < 1.29 is 14.0 Å². The molecule has 2 amide bonds. The molecule has 1 N–H and O–H groups in total. The first kappa shape index (κ1) is 17.1. The van der Waals surface area contributed by atoms with Crippen LogP contribution in [0.1, 0.15) is 39.1 Å². The maximum Gasteiger partial charge on any atom is 0.253 e. The van der Waals surface area contributed by atoms with E-state index in [9.17, 15) is 14.0 Å². The first-order chi connectivity index (χ1) is 12.0. The van der Waals surface area contributed by atoms with Crippen molar-refractivity contribution in [1.82, 2.24) is 10.2 Å². The van der Waals surface area contributed by atoms with E-state index in [0.717, 1.165) is 5.56 Å². The van der Waals surface area contributed by atoms with Crippen molar-refractivity contribution in [3.63, 3.8) is 0 Å². The number of hydrogen-bond donors (Lipinski definition) is 1. The molecule has 0 aromatic heterocycles. The fourth-order valence-electron chi connectivity index (χ4n) is 3.00. The molecule has 0 atom stereocenters. The molecule has 4 nitrogen and oxygen atoms in total. The third-order valence-electron chi connectivity index (χ3n) is 4.50. The largest absolute Gasteiger partial charge is 0.349 e. The predicted octanol–water partition coefficient (Wildman–Crippen LogP) is 3.17. The lowest BCUT2D eigenvalue weighted by Crippen LogP contribution is -2.46. The van der Waals surface area contributed by atoms with Crippen LogP contribution >= 0.6 is 0 Å². The third kappa shape index (κ3) is 4.24. The number of nitrogens with zero attached hydrogens (tertiary/aromatic N) is 1. The minimum Gasteiger partial charge on any atom is -0.349 e. The number of carbonyl (C=O) groups is 2. The van der Waals surface area contributed by atoms with Gasteiger partial charge in [0.25, 0.3) is 11.8 Å². The zero-order valence-corrected chi connectivity index (χ0v) is 14.2. The lowest BCUT2D eigenvalue weighted by molar-refractivity contribution is 0.0698. The van der Waals surface area contributed by atoms with Crippen LogP contribution in [0.25, 0.3) is 0 Å². The van der Waals surface area contributed by atoms with Crippen molar-refractivity contribution in [2.45, 2.75) is 25.8 Å². The zero-order chi connectivity index (χ0) is 17.8. The summed E-state index contributed by atoms with van der Waals surface area (Å²) in [7, 11) is 0. The first-order valence-electron chi connectivity index (χ1n) is 8.45. The molecule has 5 heteroatoms. The van der Waals surface area contributed by atoms with Crippen molar-refractivity contribution in [2.24, 2.45) is 0 Å². The van der Waals surface area contributed by atoms with E-state index in [0.29, 0.717) is 37.1 Å². The number of benzene rings is 2. The number of rotatable bonds is 3. The Morgan fingerprint density at radius 3 is 2.36 bits per heavy atom. The van der Waals surface area contributed by atoms with Gasteiger partial charge in [0, 0.05) is 30.3 Å². The van der Waals surface area contributed by atoms with Crippen LogP contribution in [0.3, 0.4) is 0 Å². The molecule has 25 heavy (non-hydrogen) atoms. The molecule has 0 radical (unpaired) electrons. The summed E-state index contributed by atoms with van der Waals surface area (Å²) in [4.78, 5) is 26.5. The van der Waals surface area contributed by atoms with Crippen LogP contribution in [0, 0.1) is 12.7 Å². The van der Waals surface area contributed by atoms with Gasteiger partial charge in [-0.15, -0.1) is 0 Å². The maximum absolute atomic E-state index is 13.2. The maximum atomic E-state index is 13.2. The van der Waals surface area contributed by atoms with Crippen molar-refractivity contribution >= 4 is 11.8 Å². The van der Waals surface area contributed by atoms with Gasteiger partial charge in [0.15, 0.2) is 0 Å². The Morgan fingerprint density at radius 2 is 1.72 bits per heavy atom. The molecule has 0 unspecified atom stereocenters. The summed E-state index contributed by atoms with van der Waals surface area (Å²) in [6, 6.07) is 13.2. The van der Waals surface area contributed by atoms with Crippen molar-refractivity contribution in [1.29, 1.82) is 0 Å². The molecular formula is C20H21FN2O2. The van der Waals surface area contributed by atoms with Gasteiger partial charge in [0.2, 0.25) is 0 Å². The number of nitrogens with one attached hydrogen (secondary N) is 1. The number of amides is 2. The third-order valence-corrected chi connectivity index (χ3v) is 4.50. The van der Waals surface area contributed by atoms with E-state index in [1.807, 2.05) is 36.1 Å². The summed E-state index contributed by atoms with van der Waals surface area (Å²) in [6.45, 7) is 3.18. The normalized spacial score (nSPS) is 15.0. The molecule has 1 heterocycles. The Kier molecular flexibility index (Phi) is 5.12. The average Bonchev–Trinajstić information content (AvgIpc) is 2.62. The fraction of sp³-hybridized carbons (Fsp3) is 0.300. The molecular weight excluding hydrogens is 319 g/mol. The Balaban J connectivity index is 1.54. The van der Waals surface area contributed by atoms with Crippen LogP contribution in [0.5, 0.6) is 0 Å². The van der Waals surface area contributed by atoms with Gasteiger partial charge in [-0.05, 0) is 50.1 Å². The van der Waals surface area contributed by atoms with Crippen LogP contribution in [-0.2, 0) is 0 Å². The van der Waals surface area contributed by atoms with Gasteiger partial charge in [-0.1, -0.05) is 23.8 Å². The molecule has 0 aliphatic carbocycles. The molecule has 130 valence electrons. The summed E-state index contributed by atoms with van der Waals surface area (Å²) in [6.07, 6.45) is 1.39. The Morgan fingerprint density at radius 1 is 1.04 bits per heavy atom. The minimum atomic E-state index is -0.425. The Hall–Kier alpha value is -2.69. The molecule has 1 saturated heterocycles. The quantitative estimate of drug-likeness (QED) is 0.933. The van der Waals surface area contributed by atoms with E-state index >= 15 is 0 Å². The predicted molar refractivity (Wildman–Crippen MR) is 94.0 cm³/mol. The number of piperidine rings is 1. The second-order valence-corrected chi connectivity index (χ2v) is 6.42. The van der Waals surface area contributed by atoms with E-state index in [1.54, 1.807) is 6.07 Å². The fourth-order valence-corrected chi connectivity index (χ4v) is 3.00. The SMILES string of the molecule is Cc1ccc(C(=O)N2CCC(NC(=O)c3cccc(F)c3)CC2)cc1. The standard InChI is InChI=1S/C20H21FN2O2/c1-14-5-7-15(8-6-14)20(25)23-11-9-18(10-12-23)22-19(24)16-3-2-4-17(21)13-16/h2-8,13,18H,9-12H2,1H3,(H,22,24). The van der Waals surface area contributed by atoms with Crippen LogP contribution in [0.15, 0.2) is 48.5 Å². The van der Waals surface area contributed by atoms with Crippen molar-refractivity contribution in [3.05, 3.63) is 71.0 Å². The van der Waals surface area contributed by atoms with Crippen LogP contribution in [0.4, 0.5) is 4.39 Å². The Labute approximate surface area is 146 Å².